The van der Waals surface area contributed by atoms with Crippen LogP contribution in [0.5, 0.6) is 0 Å². The fourth-order valence-electron chi connectivity index (χ4n) is 5.86. The highest BCUT2D eigenvalue weighted by Crippen LogP contribution is 2.32. The van der Waals surface area contributed by atoms with Gasteiger partial charge >= 0.3 is 6.03 Å². The normalized spacial score (nSPS) is 22.4. The SMILES string of the molecule is CC(=O)c1cccc(NC(=O)NC2CCCCC2C(C)N2CCC(Cc3ccc(F)cc3)CC2)c1. The summed E-state index contributed by atoms with van der Waals surface area (Å²) in [6.45, 7) is 5.98. The molecule has 6 heteroatoms. The molecule has 1 heterocycles. The van der Waals surface area contributed by atoms with Gasteiger partial charge in [0, 0.05) is 23.3 Å². The van der Waals surface area contributed by atoms with Crippen molar-refractivity contribution in [1.29, 1.82) is 0 Å². The number of carbonyl (C=O) groups excluding carboxylic acids is 2. The highest BCUT2D eigenvalue weighted by molar-refractivity contribution is 5.96. The predicted octanol–water partition coefficient (Wildman–Crippen LogP) is 6.05. The van der Waals surface area contributed by atoms with Crippen LogP contribution in [0.4, 0.5) is 14.9 Å². The van der Waals surface area contributed by atoms with Gasteiger partial charge in [-0.15, -0.1) is 0 Å². The molecule has 2 aromatic carbocycles. The highest BCUT2D eigenvalue weighted by Gasteiger charge is 2.35. The van der Waals surface area contributed by atoms with Gasteiger partial charge in [-0.25, -0.2) is 9.18 Å². The molecule has 1 aliphatic heterocycles. The van der Waals surface area contributed by atoms with Crippen molar-refractivity contribution >= 4 is 17.5 Å². The molecule has 0 aromatic heterocycles. The lowest BCUT2D eigenvalue weighted by molar-refractivity contribution is 0.0754. The molecule has 2 aromatic rings. The average molecular weight is 480 g/mol. The van der Waals surface area contributed by atoms with Crippen molar-refractivity contribution in [2.75, 3.05) is 18.4 Å². The second-order valence-corrected chi connectivity index (χ2v) is 10.3. The fourth-order valence-corrected chi connectivity index (χ4v) is 5.86. The summed E-state index contributed by atoms with van der Waals surface area (Å²) in [5.41, 5.74) is 2.45. The van der Waals surface area contributed by atoms with Crippen molar-refractivity contribution < 1.29 is 14.0 Å². The van der Waals surface area contributed by atoms with E-state index in [-0.39, 0.29) is 23.7 Å². The third kappa shape index (κ3) is 6.91. The lowest BCUT2D eigenvalue weighted by Gasteiger charge is -2.44. The first-order valence-electron chi connectivity index (χ1n) is 13.1. The van der Waals surface area contributed by atoms with Crippen molar-refractivity contribution in [2.24, 2.45) is 11.8 Å². The summed E-state index contributed by atoms with van der Waals surface area (Å²) in [7, 11) is 0. The largest absolute Gasteiger partial charge is 0.335 e. The van der Waals surface area contributed by atoms with Gasteiger partial charge in [-0.3, -0.25) is 4.79 Å². The first-order chi connectivity index (χ1) is 16.9. The molecule has 2 amide bonds. The van der Waals surface area contributed by atoms with Crippen LogP contribution in [0.1, 0.15) is 68.3 Å². The summed E-state index contributed by atoms with van der Waals surface area (Å²) < 4.78 is 13.2. The Kier molecular flexibility index (Phi) is 8.55. The number of benzene rings is 2. The molecule has 2 fully saturated rings. The number of hydrogen-bond acceptors (Lipinski definition) is 3. The number of Topliss-reactive ketones (excluding diaryl/α,β-unsaturated/α-hetero) is 1. The Morgan fingerprint density at radius 2 is 1.74 bits per heavy atom. The first kappa shape index (κ1) is 25.4. The van der Waals surface area contributed by atoms with E-state index < -0.39 is 0 Å². The summed E-state index contributed by atoms with van der Waals surface area (Å²) in [6.07, 6.45) is 7.78. The van der Waals surface area contributed by atoms with Gasteiger partial charge in [-0.1, -0.05) is 37.1 Å². The molecule has 188 valence electrons. The maximum Gasteiger partial charge on any atom is 0.319 e. The molecule has 0 spiro atoms. The summed E-state index contributed by atoms with van der Waals surface area (Å²) in [5.74, 6) is 0.871. The topological polar surface area (TPSA) is 61.4 Å². The van der Waals surface area contributed by atoms with Gasteiger partial charge in [0.15, 0.2) is 5.78 Å². The van der Waals surface area contributed by atoms with Crippen molar-refractivity contribution in [3.05, 3.63) is 65.5 Å². The number of amides is 2. The Bertz CT molecular complexity index is 1000. The number of nitrogens with zero attached hydrogens (tertiary/aromatic N) is 1. The van der Waals surface area contributed by atoms with Crippen LogP contribution in [0, 0.1) is 17.7 Å². The maximum atomic E-state index is 13.2. The van der Waals surface area contributed by atoms with Gasteiger partial charge in [0.2, 0.25) is 0 Å². The number of carbonyl (C=O) groups is 2. The maximum absolute atomic E-state index is 13.2. The zero-order chi connectivity index (χ0) is 24.8. The standard InChI is InChI=1S/C29H38FN3O2/c1-20(33-16-14-23(15-17-33)18-22-10-12-25(30)13-11-22)27-8-3-4-9-28(27)32-29(35)31-26-7-5-6-24(19-26)21(2)34/h5-7,10-13,19-20,23,27-28H,3-4,8-9,14-18H2,1-2H3,(H2,31,32,35). The van der Waals surface area contributed by atoms with Crippen molar-refractivity contribution in [3.63, 3.8) is 0 Å². The lowest BCUT2D eigenvalue weighted by atomic mass is 9.78. The van der Waals surface area contributed by atoms with Gasteiger partial charge in [0.1, 0.15) is 5.82 Å². The third-order valence-corrected chi connectivity index (χ3v) is 7.95. The van der Waals surface area contributed by atoms with E-state index in [1.54, 1.807) is 30.3 Å². The van der Waals surface area contributed by atoms with Crippen LogP contribution in [-0.2, 0) is 6.42 Å². The molecule has 3 atom stereocenters. The number of likely N-dealkylation sites (tertiary alicyclic amines) is 1. The number of piperidine rings is 1. The zero-order valence-electron chi connectivity index (χ0n) is 20.9. The number of urea groups is 1. The van der Waals surface area contributed by atoms with E-state index in [1.165, 1.54) is 18.9 Å². The molecule has 1 saturated carbocycles. The van der Waals surface area contributed by atoms with Crippen LogP contribution >= 0.6 is 0 Å². The average Bonchev–Trinajstić information content (AvgIpc) is 2.86. The van der Waals surface area contributed by atoms with Gasteiger partial charge < -0.3 is 15.5 Å². The second-order valence-electron chi connectivity index (χ2n) is 10.3. The molecular weight excluding hydrogens is 441 g/mol. The highest BCUT2D eigenvalue weighted by atomic mass is 19.1. The van der Waals surface area contributed by atoms with E-state index in [9.17, 15) is 14.0 Å². The van der Waals surface area contributed by atoms with Crippen LogP contribution in [0.3, 0.4) is 0 Å². The van der Waals surface area contributed by atoms with Crippen molar-refractivity contribution in [3.8, 4) is 0 Å². The molecule has 35 heavy (non-hydrogen) atoms. The Morgan fingerprint density at radius 3 is 2.46 bits per heavy atom. The molecule has 1 saturated heterocycles. The van der Waals surface area contributed by atoms with E-state index in [0.29, 0.717) is 29.1 Å². The molecule has 5 nitrogen and oxygen atoms in total. The summed E-state index contributed by atoms with van der Waals surface area (Å²) in [5, 5.41) is 6.16. The summed E-state index contributed by atoms with van der Waals surface area (Å²) in [4.78, 5) is 27.0. The quantitative estimate of drug-likeness (QED) is 0.475. The first-order valence-corrected chi connectivity index (χ1v) is 13.1. The van der Waals surface area contributed by atoms with Crippen LogP contribution in [0.25, 0.3) is 0 Å². The van der Waals surface area contributed by atoms with E-state index in [1.807, 2.05) is 18.2 Å². The molecule has 0 bridgehead atoms. The molecule has 3 unspecified atom stereocenters. The zero-order valence-corrected chi connectivity index (χ0v) is 20.9. The lowest BCUT2D eigenvalue weighted by Crippen LogP contribution is -2.53. The van der Waals surface area contributed by atoms with Gasteiger partial charge in [0.05, 0.1) is 0 Å². The smallest absolute Gasteiger partial charge is 0.319 e. The van der Waals surface area contributed by atoms with E-state index in [2.05, 4.69) is 22.5 Å². The van der Waals surface area contributed by atoms with Crippen molar-refractivity contribution in [2.45, 2.75) is 70.9 Å². The minimum Gasteiger partial charge on any atom is -0.335 e. The number of hydrogen-bond donors (Lipinski definition) is 2. The van der Waals surface area contributed by atoms with Crippen LogP contribution in [-0.4, -0.2) is 41.9 Å². The minimum absolute atomic E-state index is 0.0170. The molecule has 1 aliphatic carbocycles. The van der Waals surface area contributed by atoms with E-state index >= 15 is 0 Å². The number of halogens is 1. The Morgan fingerprint density at radius 1 is 1.03 bits per heavy atom. The Balaban J connectivity index is 1.30. The number of rotatable bonds is 7. The number of anilines is 1. The Labute approximate surface area is 208 Å². The van der Waals surface area contributed by atoms with Crippen molar-refractivity contribution in [1.82, 2.24) is 10.2 Å². The monoisotopic (exact) mass is 479 g/mol. The summed E-state index contributed by atoms with van der Waals surface area (Å²) >= 11 is 0. The van der Waals surface area contributed by atoms with Crippen LogP contribution < -0.4 is 10.6 Å². The minimum atomic E-state index is -0.201. The second kappa shape index (κ2) is 11.8. The van der Waals surface area contributed by atoms with Crippen LogP contribution in [0.2, 0.25) is 0 Å². The predicted molar refractivity (Wildman–Crippen MR) is 138 cm³/mol. The third-order valence-electron chi connectivity index (χ3n) is 7.95. The number of ketones is 1. The van der Waals surface area contributed by atoms with E-state index in [0.717, 1.165) is 51.6 Å². The van der Waals surface area contributed by atoms with Gasteiger partial charge in [0.25, 0.3) is 0 Å². The molecule has 0 radical (unpaired) electrons. The van der Waals surface area contributed by atoms with Crippen LogP contribution in [0.15, 0.2) is 48.5 Å². The molecular formula is C29H38FN3O2. The Hall–Kier alpha value is -2.73. The summed E-state index contributed by atoms with van der Waals surface area (Å²) in [6, 6.07) is 14.4. The number of nitrogens with one attached hydrogen (secondary N) is 2. The van der Waals surface area contributed by atoms with E-state index in [4.69, 9.17) is 0 Å². The van der Waals surface area contributed by atoms with Gasteiger partial charge in [-0.2, -0.15) is 0 Å². The van der Waals surface area contributed by atoms with Gasteiger partial charge in [-0.05, 0) is 101 Å². The molecule has 2 N–H and O–H groups in total. The molecule has 4 rings (SSSR count). The fraction of sp³-hybridized carbons (Fsp3) is 0.517. The molecule has 2 aliphatic rings.